The minimum absolute atomic E-state index is 0.135. The fourth-order valence-electron chi connectivity index (χ4n) is 1.77. The van der Waals surface area contributed by atoms with Crippen LogP contribution in [0.5, 0.6) is 5.88 Å². The number of aryl methyl sites for hydroxylation is 1. The Bertz CT molecular complexity index is 704. The van der Waals surface area contributed by atoms with Crippen LogP contribution >= 0.6 is 0 Å². The van der Waals surface area contributed by atoms with Crippen molar-refractivity contribution in [2.45, 2.75) is 26.8 Å². The van der Waals surface area contributed by atoms with E-state index in [0.717, 1.165) is 5.56 Å². The Morgan fingerprint density at radius 2 is 2.11 bits per heavy atom. The lowest BCUT2D eigenvalue weighted by Crippen LogP contribution is -2.35. The van der Waals surface area contributed by atoms with Gasteiger partial charge in [0.25, 0.3) is 11.5 Å². The summed E-state index contributed by atoms with van der Waals surface area (Å²) in [7, 11) is 0. The summed E-state index contributed by atoms with van der Waals surface area (Å²) >= 11 is 0. The average molecular weight is 261 g/mol. The predicted octanol–water partition coefficient (Wildman–Crippen LogP) is 0.847. The van der Waals surface area contributed by atoms with Crippen molar-refractivity contribution < 1.29 is 9.90 Å². The van der Waals surface area contributed by atoms with Gasteiger partial charge in [0, 0.05) is 12.2 Å². The molecule has 6 nitrogen and oxygen atoms in total. The zero-order valence-electron chi connectivity index (χ0n) is 11.0. The molecule has 19 heavy (non-hydrogen) atoms. The number of fused-ring (bicyclic) bond motifs is 1. The van der Waals surface area contributed by atoms with Gasteiger partial charge in [-0.1, -0.05) is 6.07 Å². The first-order valence-electron chi connectivity index (χ1n) is 5.93. The molecule has 2 aromatic heterocycles. The lowest BCUT2D eigenvalue weighted by molar-refractivity contribution is 0.0938. The topological polar surface area (TPSA) is 83.7 Å². The van der Waals surface area contributed by atoms with E-state index in [0.29, 0.717) is 5.65 Å². The number of amides is 1. The normalized spacial score (nSPS) is 10.9. The van der Waals surface area contributed by atoms with E-state index in [-0.39, 0.29) is 11.6 Å². The summed E-state index contributed by atoms with van der Waals surface area (Å²) in [6.45, 7) is 5.36. The molecule has 2 rings (SSSR count). The first kappa shape index (κ1) is 13.1. The highest BCUT2D eigenvalue weighted by Crippen LogP contribution is 2.12. The number of aromatic hydroxyl groups is 1. The molecule has 0 spiro atoms. The molecule has 1 amide bonds. The van der Waals surface area contributed by atoms with Gasteiger partial charge in [0.15, 0.2) is 5.56 Å². The molecule has 100 valence electrons. The highest BCUT2D eigenvalue weighted by Gasteiger charge is 2.20. The second-order valence-electron chi connectivity index (χ2n) is 4.68. The van der Waals surface area contributed by atoms with Crippen molar-refractivity contribution in [3.63, 3.8) is 0 Å². The number of carbonyl (C=O) groups excluding carboxylic acids is 1. The Hall–Kier alpha value is -2.37. The first-order valence-corrected chi connectivity index (χ1v) is 5.93. The lowest BCUT2D eigenvalue weighted by atomic mass is 10.2. The largest absolute Gasteiger partial charge is 0.493 e. The number of aromatic nitrogens is 2. The van der Waals surface area contributed by atoms with Gasteiger partial charge < -0.3 is 10.4 Å². The van der Waals surface area contributed by atoms with Crippen LogP contribution in [0.15, 0.2) is 23.1 Å². The van der Waals surface area contributed by atoms with Crippen LogP contribution in [0.1, 0.15) is 29.8 Å². The van der Waals surface area contributed by atoms with Crippen LogP contribution < -0.4 is 10.9 Å². The number of rotatable bonds is 2. The second-order valence-corrected chi connectivity index (χ2v) is 4.68. The van der Waals surface area contributed by atoms with Gasteiger partial charge in [-0.3, -0.25) is 14.0 Å². The third-order valence-electron chi connectivity index (χ3n) is 2.60. The first-order chi connectivity index (χ1) is 8.90. The van der Waals surface area contributed by atoms with E-state index in [1.165, 1.54) is 4.40 Å². The number of hydrogen-bond acceptors (Lipinski definition) is 4. The van der Waals surface area contributed by atoms with E-state index < -0.39 is 17.3 Å². The van der Waals surface area contributed by atoms with Gasteiger partial charge in [0.1, 0.15) is 5.65 Å². The van der Waals surface area contributed by atoms with Crippen LogP contribution in [0.4, 0.5) is 0 Å². The molecule has 0 atom stereocenters. The molecule has 0 saturated carbocycles. The molecular formula is C13H15N3O3. The summed E-state index contributed by atoms with van der Waals surface area (Å²) in [5, 5.41) is 12.3. The van der Waals surface area contributed by atoms with Crippen molar-refractivity contribution in [1.82, 2.24) is 14.7 Å². The Balaban J connectivity index is 2.68. The van der Waals surface area contributed by atoms with E-state index in [2.05, 4.69) is 10.3 Å². The van der Waals surface area contributed by atoms with Crippen LogP contribution in [-0.4, -0.2) is 26.4 Å². The molecule has 0 aromatic carbocycles. The van der Waals surface area contributed by atoms with Gasteiger partial charge >= 0.3 is 0 Å². The zero-order chi connectivity index (χ0) is 14.2. The fraction of sp³-hybridized carbons (Fsp3) is 0.308. The number of nitrogens with zero attached hydrogens (tertiary/aromatic N) is 2. The summed E-state index contributed by atoms with van der Waals surface area (Å²) in [5.41, 5.74) is 0.243. The Morgan fingerprint density at radius 3 is 2.74 bits per heavy atom. The minimum Gasteiger partial charge on any atom is -0.493 e. The quantitative estimate of drug-likeness (QED) is 0.839. The molecule has 2 N–H and O–H groups in total. The third-order valence-corrected chi connectivity index (χ3v) is 2.60. The molecule has 2 heterocycles. The van der Waals surface area contributed by atoms with Gasteiger partial charge in [-0.25, -0.2) is 0 Å². The van der Waals surface area contributed by atoms with Crippen LogP contribution in [0, 0.1) is 6.92 Å². The van der Waals surface area contributed by atoms with E-state index in [9.17, 15) is 14.7 Å². The number of carbonyl (C=O) groups is 1. The average Bonchev–Trinajstić information content (AvgIpc) is 2.29. The molecule has 0 aliphatic carbocycles. The SMILES string of the molecule is Cc1ccc2nc(O)c(C(=O)NC(C)C)c(=O)n2c1. The Kier molecular flexibility index (Phi) is 3.25. The summed E-state index contributed by atoms with van der Waals surface area (Å²) in [6.07, 6.45) is 1.58. The van der Waals surface area contributed by atoms with E-state index in [4.69, 9.17) is 0 Å². The maximum absolute atomic E-state index is 12.2. The molecule has 0 aliphatic heterocycles. The smallest absolute Gasteiger partial charge is 0.274 e. The minimum atomic E-state index is -0.624. The maximum atomic E-state index is 12.2. The molecule has 0 saturated heterocycles. The highest BCUT2D eigenvalue weighted by molar-refractivity contribution is 5.96. The van der Waals surface area contributed by atoms with Gasteiger partial charge in [-0.2, -0.15) is 4.98 Å². The molecule has 0 radical (unpaired) electrons. The van der Waals surface area contributed by atoms with Crippen LogP contribution in [0.2, 0.25) is 0 Å². The van der Waals surface area contributed by atoms with Gasteiger partial charge in [-0.05, 0) is 32.4 Å². The van der Waals surface area contributed by atoms with Crippen molar-refractivity contribution in [2.24, 2.45) is 0 Å². The summed E-state index contributed by atoms with van der Waals surface area (Å²) < 4.78 is 1.25. The van der Waals surface area contributed by atoms with Gasteiger partial charge in [0.05, 0.1) is 0 Å². The van der Waals surface area contributed by atoms with Crippen LogP contribution in [0.3, 0.4) is 0 Å². The molecule has 0 fully saturated rings. The number of hydrogen-bond donors (Lipinski definition) is 2. The molecular weight excluding hydrogens is 246 g/mol. The highest BCUT2D eigenvalue weighted by atomic mass is 16.3. The van der Waals surface area contributed by atoms with Crippen molar-refractivity contribution in [3.8, 4) is 5.88 Å². The Morgan fingerprint density at radius 1 is 1.42 bits per heavy atom. The van der Waals surface area contributed by atoms with Crippen molar-refractivity contribution in [1.29, 1.82) is 0 Å². The molecule has 0 aliphatic rings. The summed E-state index contributed by atoms with van der Waals surface area (Å²) in [6, 6.07) is 3.25. The molecule has 6 heteroatoms. The van der Waals surface area contributed by atoms with E-state index in [1.807, 2.05) is 6.92 Å². The van der Waals surface area contributed by atoms with Gasteiger partial charge in [-0.15, -0.1) is 0 Å². The standard InChI is InChI=1S/C13H15N3O3/c1-7(2)14-11(17)10-12(18)15-9-5-4-8(3)6-16(9)13(10)19/h4-7,18H,1-3H3,(H,14,17). The van der Waals surface area contributed by atoms with E-state index in [1.54, 1.807) is 32.2 Å². The Labute approximate surface area is 109 Å². The van der Waals surface area contributed by atoms with Crippen LogP contribution in [0.25, 0.3) is 5.65 Å². The van der Waals surface area contributed by atoms with Crippen molar-refractivity contribution >= 4 is 11.6 Å². The number of nitrogens with one attached hydrogen (secondary N) is 1. The predicted molar refractivity (Wildman–Crippen MR) is 70.5 cm³/mol. The van der Waals surface area contributed by atoms with Crippen molar-refractivity contribution in [2.75, 3.05) is 0 Å². The maximum Gasteiger partial charge on any atom is 0.274 e. The van der Waals surface area contributed by atoms with Gasteiger partial charge in [0.2, 0.25) is 5.88 Å². The third kappa shape index (κ3) is 2.42. The second kappa shape index (κ2) is 4.72. The van der Waals surface area contributed by atoms with E-state index >= 15 is 0 Å². The zero-order valence-corrected chi connectivity index (χ0v) is 11.0. The number of pyridine rings is 1. The fourth-order valence-corrected chi connectivity index (χ4v) is 1.77. The molecule has 0 bridgehead atoms. The van der Waals surface area contributed by atoms with Crippen molar-refractivity contribution in [3.05, 3.63) is 39.8 Å². The molecule has 2 aromatic rings. The van der Waals surface area contributed by atoms with Crippen LogP contribution in [-0.2, 0) is 0 Å². The lowest BCUT2D eigenvalue weighted by Gasteiger charge is -2.10. The molecule has 0 unspecified atom stereocenters. The summed E-state index contributed by atoms with van der Waals surface area (Å²) in [4.78, 5) is 28.0. The summed E-state index contributed by atoms with van der Waals surface area (Å²) in [5.74, 6) is -1.17. The monoisotopic (exact) mass is 261 g/mol.